The van der Waals surface area contributed by atoms with Crippen LogP contribution in [-0.4, -0.2) is 27.8 Å². The molecule has 0 spiro atoms. The van der Waals surface area contributed by atoms with Crippen LogP contribution in [0.25, 0.3) is 0 Å². The van der Waals surface area contributed by atoms with Crippen molar-refractivity contribution in [3.05, 3.63) is 52.8 Å². The first-order valence-electron chi connectivity index (χ1n) is 6.42. The quantitative estimate of drug-likeness (QED) is 0.890. The Morgan fingerprint density at radius 2 is 1.90 bits per heavy atom. The number of carbonyl (C=O) groups is 1. The fourth-order valence-electron chi connectivity index (χ4n) is 1.86. The Morgan fingerprint density at radius 1 is 1.20 bits per heavy atom. The van der Waals surface area contributed by atoms with E-state index in [1.807, 2.05) is 24.3 Å². The number of anilines is 1. The summed E-state index contributed by atoms with van der Waals surface area (Å²) >= 11 is 0. The molecule has 0 atom stereocenters. The predicted octanol–water partition coefficient (Wildman–Crippen LogP) is 1.88. The first-order valence-corrected chi connectivity index (χ1v) is 6.42. The molecule has 0 saturated heterocycles. The molecule has 0 bridgehead atoms. The Balaban J connectivity index is 2.13. The van der Waals surface area contributed by atoms with Crippen molar-refractivity contribution < 1.29 is 9.90 Å². The van der Waals surface area contributed by atoms with Crippen LogP contribution in [-0.2, 0) is 6.42 Å². The van der Waals surface area contributed by atoms with Gasteiger partial charge >= 0.3 is 0 Å². The zero-order valence-electron chi connectivity index (χ0n) is 11.6. The van der Waals surface area contributed by atoms with Crippen LogP contribution < -0.4 is 5.32 Å². The van der Waals surface area contributed by atoms with Crippen LogP contribution in [0.1, 0.15) is 27.3 Å². The van der Waals surface area contributed by atoms with E-state index < -0.39 is 0 Å². The largest absolute Gasteiger partial charge is 0.396 e. The number of rotatable bonds is 4. The van der Waals surface area contributed by atoms with Crippen molar-refractivity contribution in [2.24, 2.45) is 0 Å². The Kier molecular flexibility index (Phi) is 4.42. The highest BCUT2D eigenvalue weighted by Gasteiger charge is 2.11. The SMILES string of the molecule is Cc1cc(C(=O)Nc2ccc(CCO)cc2)c(C)nn1. The second-order valence-electron chi connectivity index (χ2n) is 4.61. The Morgan fingerprint density at radius 3 is 2.55 bits per heavy atom. The fraction of sp³-hybridized carbons (Fsp3) is 0.267. The highest BCUT2D eigenvalue weighted by molar-refractivity contribution is 6.05. The number of aliphatic hydroxyl groups is 1. The van der Waals surface area contributed by atoms with Crippen LogP contribution in [0, 0.1) is 13.8 Å². The maximum atomic E-state index is 12.2. The van der Waals surface area contributed by atoms with E-state index in [9.17, 15) is 4.79 Å². The van der Waals surface area contributed by atoms with Gasteiger partial charge in [0.25, 0.3) is 5.91 Å². The fourth-order valence-corrected chi connectivity index (χ4v) is 1.86. The highest BCUT2D eigenvalue weighted by atomic mass is 16.2. The van der Waals surface area contributed by atoms with Crippen molar-refractivity contribution in [3.63, 3.8) is 0 Å². The summed E-state index contributed by atoms with van der Waals surface area (Å²) in [4.78, 5) is 12.2. The first-order chi connectivity index (χ1) is 9.60. The molecule has 1 aromatic heterocycles. The van der Waals surface area contributed by atoms with Crippen molar-refractivity contribution in [2.45, 2.75) is 20.3 Å². The summed E-state index contributed by atoms with van der Waals surface area (Å²) in [5, 5.41) is 19.5. The molecule has 0 saturated carbocycles. The molecule has 20 heavy (non-hydrogen) atoms. The van der Waals surface area contributed by atoms with E-state index >= 15 is 0 Å². The van der Waals surface area contributed by atoms with Gasteiger partial charge in [0.15, 0.2) is 0 Å². The minimum atomic E-state index is -0.199. The molecule has 0 radical (unpaired) electrons. The molecule has 5 nitrogen and oxygen atoms in total. The second kappa shape index (κ2) is 6.25. The molecule has 5 heteroatoms. The molecule has 2 N–H and O–H groups in total. The van der Waals surface area contributed by atoms with Crippen molar-refractivity contribution in [1.29, 1.82) is 0 Å². The molecule has 0 unspecified atom stereocenters. The zero-order valence-corrected chi connectivity index (χ0v) is 11.6. The molecule has 1 heterocycles. The van der Waals surface area contributed by atoms with Gasteiger partial charge in [-0.2, -0.15) is 10.2 Å². The topological polar surface area (TPSA) is 75.1 Å². The molecule has 2 aromatic rings. The number of benzene rings is 1. The van der Waals surface area contributed by atoms with E-state index in [1.165, 1.54) is 0 Å². The third-order valence-electron chi connectivity index (χ3n) is 2.96. The minimum Gasteiger partial charge on any atom is -0.396 e. The van der Waals surface area contributed by atoms with E-state index in [0.29, 0.717) is 29.1 Å². The number of carbonyl (C=O) groups excluding carboxylic acids is 1. The second-order valence-corrected chi connectivity index (χ2v) is 4.61. The molecule has 1 amide bonds. The van der Waals surface area contributed by atoms with Crippen LogP contribution in [0.5, 0.6) is 0 Å². The van der Waals surface area contributed by atoms with Crippen LogP contribution in [0.4, 0.5) is 5.69 Å². The van der Waals surface area contributed by atoms with E-state index in [0.717, 1.165) is 5.56 Å². The number of nitrogens with one attached hydrogen (secondary N) is 1. The van der Waals surface area contributed by atoms with Gasteiger partial charge in [0.05, 0.1) is 17.0 Å². The van der Waals surface area contributed by atoms with Gasteiger partial charge in [-0.3, -0.25) is 4.79 Å². The average Bonchev–Trinajstić information content (AvgIpc) is 2.44. The van der Waals surface area contributed by atoms with Crippen LogP contribution in [0.15, 0.2) is 30.3 Å². The molecule has 0 aliphatic heterocycles. The van der Waals surface area contributed by atoms with Crippen molar-refractivity contribution in [1.82, 2.24) is 10.2 Å². The number of aromatic nitrogens is 2. The molecular formula is C15H17N3O2. The summed E-state index contributed by atoms with van der Waals surface area (Å²) in [7, 11) is 0. The van der Waals surface area contributed by atoms with Gasteiger partial charge in [0.2, 0.25) is 0 Å². The smallest absolute Gasteiger partial charge is 0.257 e. The molecule has 0 aliphatic rings. The molecule has 2 rings (SSSR count). The average molecular weight is 271 g/mol. The van der Waals surface area contributed by atoms with Crippen molar-refractivity contribution in [3.8, 4) is 0 Å². The van der Waals surface area contributed by atoms with Gasteiger partial charge < -0.3 is 10.4 Å². The highest BCUT2D eigenvalue weighted by Crippen LogP contribution is 2.13. The van der Waals surface area contributed by atoms with E-state index in [4.69, 9.17) is 5.11 Å². The maximum Gasteiger partial charge on any atom is 0.257 e. The molecule has 0 fully saturated rings. The Hall–Kier alpha value is -2.27. The third-order valence-corrected chi connectivity index (χ3v) is 2.96. The van der Waals surface area contributed by atoms with Crippen molar-refractivity contribution in [2.75, 3.05) is 11.9 Å². The van der Waals surface area contributed by atoms with Gasteiger partial charge in [-0.05, 0) is 44.0 Å². The lowest BCUT2D eigenvalue weighted by atomic mass is 10.1. The minimum absolute atomic E-state index is 0.118. The third kappa shape index (κ3) is 3.39. The molecule has 104 valence electrons. The number of aliphatic hydroxyl groups excluding tert-OH is 1. The van der Waals surface area contributed by atoms with Gasteiger partial charge in [-0.25, -0.2) is 0 Å². The van der Waals surface area contributed by atoms with Gasteiger partial charge in [-0.15, -0.1) is 0 Å². The lowest BCUT2D eigenvalue weighted by Crippen LogP contribution is -2.15. The van der Waals surface area contributed by atoms with E-state index in [2.05, 4.69) is 15.5 Å². The summed E-state index contributed by atoms with van der Waals surface area (Å²) in [5.41, 5.74) is 3.58. The number of hydrogen-bond donors (Lipinski definition) is 2. The Labute approximate surface area is 117 Å². The standard InChI is InChI=1S/C15H17N3O2/c1-10-9-14(11(2)18-17-10)15(20)16-13-5-3-12(4-6-13)7-8-19/h3-6,9,19H,7-8H2,1-2H3,(H,16,20). The predicted molar refractivity (Wildman–Crippen MR) is 76.7 cm³/mol. The number of hydrogen-bond acceptors (Lipinski definition) is 4. The lowest BCUT2D eigenvalue weighted by molar-refractivity contribution is 0.102. The summed E-state index contributed by atoms with van der Waals surface area (Å²) in [5.74, 6) is -0.199. The van der Waals surface area contributed by atoms with E-state index in [-0.39, 0.29) is 12.5 Å². The first kappa shape index (κ1) is 14.1. The summed E-state index contributed by atoms with van der Waals surface area (Å²) < 4.78 is 0. The summed E-state index contributed by atoms with van der Waals surface area (Å²) in [6.07, 6.45) is 0.612. The molecule has 0 aliphatic carbocycles. The number of nitrogens with zero attached hydrogens (tertiary/aromatic N) is 2. The van der Waals surface area contributed by atoms with Crippen LogP contribution in [0.2, 0.25) is 0 Å². The zero-order chi connectivity index (χ0) is 14.5. The number of aryl methyl sites for hydroxylation is 2. The van der Waals surface area contributed by atoms with Crippen LogP contribution >= 0.6 is 0 Å². The normalized spacial score (nSPS) is 10.3. The molecule has 1 aromatic carbocycles. The monoisotopic (exact) mass is 271 g/mol. The summed E-state index contributed by atoms with van der Waals surface area (Å²) in [6, 6.07) is 9.13. The summed E-state index contributed by atoms with van der Waals surface area (Å²) in [6.45, 7) is 3.67. The van der Waals surface area contributed by atoms with Gasteiger partial charge in [0.1, 0.15) is 0 Å². The maximum absolute atomic E-state index is 12.2. The lowest BCUT2D eigenvalue weighted by Gasteiger charge is -2.08. The van der Waals surface area contributed by atoms with Crippen molar-refractivity contribution >= 4 is 11.6 Å². The van der Waals surface area contributed by atoms with E-state index in [1.54, 1.807) is 19.9 Å². The van der Waals surface area contributed by atoms with Gasteiger partial charge in [-0.1, -0.05) is 12.1 Å². The number of amides is 1. The van der Waals surface area contributed by atoms with Gasteiger partial charge in [0, 0.05) is 12.3 Å². The van der Waals surface area contributed by atoms with Crippen LogP contribution in [0.3, 0.4) is 0 Å². The Bertz CT molecular complexity index is 609. The molecular weight excluding hydrogens is 254 g/mol.